The van der Waals surface area contributed by atoms with Crippen LogP contribution in [0.4, 0.5) is 0 Å². The number of nitrogens with one attached hydrogen (secondary N) is 1. The van der Waals surface area contributed by atoms with Crippen molar-refractivity contribution < 1.29 is 9.53 Å². The Morgan fingerprint density at radius 3 is 2.64 bits per heavy atom. The van der Waals surface area contributed by atoms with Crippen molar-refractivity contribution in [2.75, 3.05) is 7.11 Å². The summed E-state index contributed by atoms with van der Waals surface area (Å²) >= 11 is 0. The smallest absolute Gasteiger partial charge is 0.253 e. The van der Waals surface area contributed by atoms with E-state index in [-0.39, 0.29) is 5.91 Å². The molecule has 0 spiro atoms. The molecule has 0 fully saturated rings. The number of carbonyl (C=O) groups excluding carboxylic acids is 1. The summed E-state index contributed by atoms with van der Waals surface area (Å²) in [5.41, 5.74) is 5.03. The lowest BCUT2D eigenvalue weighted by atomic mass is 10.1. The molecule has 0 saturated carbocycles. The van der Waals surface area contributed by atoms with Crippen LogP contribution in [0.2, 0.25) is 0 Å². The third-order valence-corrected chi connectivity index (χ3v) is 4.12. The molecule has 0 atom stereocenters. The molecule has 1 amide bonds. The number of hydrogen-bond donors (Lipinski definition) is 1. The Hall–Kier alpha value is -2.95. The number of amides is 1. The molecule has 0 aliphatic rings. The highest BCUT2D eigenvalue weighted by Crippen LogP contribution is 2.19. The van der Waals surface area contributed by atoms with Gasteiger partial charge in [0.05, 0.1) is 23.9 Å². The first kappa shape index (κ1) is 16.9. The monoisotopic (exact) mass is 335 g/mol. The van der Waals surface area contributed by atoms with Gasteiger partial charge in [0.1, 0.15) is 0 Å². The first-order valence-electron chi connectivity index (χ1n) is 8.14. The standard InChI is InChI=1S/C20H21N3O2/c1-12-5-8-18-16(9-12)10-17(14(3)23-18)19(24)21-11-15-7-6-13(2)22-20(15)25-4/h5-10H,11H2,1-4H3,(H,21,24). The number of methoxy groups -OCH3 is 1. The molecule has 25 heavy (non-hydrogen) atoms. The Balaban J connectivity index is 1.84. The Labute approximate surface area is 147 Å². The van der Waals surface area contributed by atoms with Crippen molar-refractivity contribution in [3.05, 3.63) is 64.5 Å². The second kappa shape index (κ2) is 6.89. The molecule has 1 aromatic carbocycles. The number of carbonyl (C=O) groups is 1. The molecular weight excluding hydrogens is 314 g/mol. The minimum Gasteiger partial charge on any atom is -0.481 e. The molecule has 0 aliphatic carbocycles. The van der Waals surface area contributed by atoms with Crippen molar-refractivity contribution in [3.63, 3.8) is 0 Å². The van der Waals surface area contributed by atoms with Crippen molar-refractivity contribution >= 4 is 16.8 Å². The fourth-order valence-electron chi connectivity index (χ4n) is 2.77. The summed E-state index contributed by atoms with van der Waals surface area (Å²) in [7, 11) is 1.58. The number of benzene rings is 1. The number of aromatic nitrogens is 2. The van der Waals surface area contributed by atoms with Gasteiger partial charge in [0, 0.05) is 23.2 Å². The van der Waals surface area contributed by atoms with Gasteiger partial charge in [-0.3, -0.25) is 9.78 Å². The zero-order valence-electron chi connectivity index (χ0n) is 14.9. The van der Waals surface area contributed by atoms with E-state index >= 15 is 0 Å². The van der Waals surface area contributed by atoms with Gasteiger partial charge in [-0.05, 0) is 45.0 Å². The van der Waals surface area contributed by atoms with Gasteiger partial charge in [0.25, 0.3) is 5.91 Å². The van der Waals surface area contributed by atoms with Gasteiger partial charge in [-0.25, -0.2) is 4.98 Å². The number of aryl methyl sites for hydroxylation is 3. The summed E-state index contributed by atoms with van der Waals surface area (Å²) in [6.07, 6.45) is 0. The molecule has 128 valence electrons. The van der Waals surface area contributed by atoms with E-state index in [1.807, 2.05) is 57.2 Å². The highest BCUT2D eigenvalue weighted by atomic mass is 16.5. The maximum absolute atomic E-state index is 12.6. The predicted octanol–water partition coefficient (Wildman–Crippen LogP) is 3.49. The largest absolute Gasteiger partial charge is 0.481 e. The number of ether oxygens (including phenoxy) is 1. The lowest BCUT2D eigenvalue weighted by Crippen LogP contribution is -2.24. The van der Waals surface area contributed by atoms with Crippen LogP contribution in [0.25, 0.3) is 10.9 Å². The first-order valence-corrected chi connectivity index (χ1v) is 8.14. The summed E-state index contributed by atoms with van der Waals surface area (Å²) in [5, 5.41) is 3.89. The van der Waals surface area contributed by atoms with E-state index < -0.39 is 0 Å². The zero-order chi connectivity index (χ0) is 18.0. The summed E-state index contributed by atoms with van der Waals surface area (Å²) in [4.78, 5) is 21.5. The molecular formula is C20H21N3O2. The summed E-state index contributed by atoms with van der Waals surface area (Å²) < 4.78 is 5.28. The molecule has 3 aromatic rings. The highest BCUT2D eigenvalue weighted by molar-refractivity contribution is 5.98. The predicted molar refractivity (Wildman–Crippen MR) is 97.9 cm³/mol. The van der Waals surface area contributed by atoms with Crippen LogP contribution >= 0.6 is 0 Å². The minimum atomic E-state index is -0.156. The molecule has 2 aromatic heterocycles. The normalized spacial score (nSPS) is 10.7. The molecule has 5 nitrogen and oxygen atoms in total. The first-order chi connectivity index (χ1) is 12.0. The molecule has 0 unspecified atom stereocenters. The fraction of sp³-hybridized carbons (Fsp3) is 0.250. The Bertz CT molecular complexity index is 951. The van der Waals surface area contributed by atoms with Crippen LogP contribution < -0.4 is 10.1 Å². The van der Waals surface area contributed by atoms with Crippen molar-refractivity contribution in [2.24, 2.45) is 0 Å². The summed E-state index contributed by atoms with van der Waals surface area (Å²) in [6, 6.07) is 11.7. The van der Waals surface area contributed by atoms with Crippen molar-refractivity contribution in [2.45, 2.75) is 27.3 Å². The number of pyridine rings is 2. The van der Waals surface area contributed by atoms with Crippen LogP contribution in [0.3, 0.4) is 0 Å². The van der Waals surface area contributed by atoms with Crippen molar-refractivity contribution in [1.82, 2.24) is 15.3 Å². The molecule has 0 aliphatic heterocycles. The maximum atomic E-state index is 12.6. The van der Waals surface area contributed by atoms with Gasteiger partial charge in [-0.1, -0.05) is 17.7 Å². The van der Waals surface area contributed by atoms with E-state index in [1.54, 1.807) is 7.11 Å². The van der Waals surface area contributed by atoms with Crippen LogP contribution in [-0.2, 0) is 6.54 Å². The summed E-state index contributed by atoms with van der Waals surface area (Å²) in [5.74, 6) is 0.375. The maximum Gasteiger partial charge on any atom is 0.253 e. The van der Waals surface area contributed by atoms with E-state index in [0.717, 1.165) is 27.7 Å². The van der Waals surface area contributed by atoms with Gasteiger partial charge in [-0.2, -0.15) is 0 Å². The van der Waals surface area contributed by atoms with E-state index in [2.05, 4.69) is 15.3 Å². The molecule has 3 rings (SSSR count). The van der Waals surface area contributed by atoms with E-state index in [9.17, 15) is 4.79 Å². The van der Waals surface area contributed by atoms with Crippen molar-refractivity contribution in [3.8, 4) is 5.88 Å². The number of nitrogens with zero attached hydrogens (tertiary/aromatic N) is 2. The molecule has 2 heterocycles. The van der Waals surface area contributed by atoms with Crippen LogP contribution in [0.1, 0.15) is 32.9 Å². The Morgan fingerprint density at radius 1 is 1.08 bits per heavy atom. The topological polar surface area (TPSA) is 64.1 Å². The third kappa shape index (κ3) is 3.60. The van der Waals surface area contributed by atoms with Gasteiger partial charge < -0.3 is 10.1 Å². The van der Waals surface area contributed by atoms with Crippen LogP contribution in [-0.4, -0.2) is 23.0 Å². The number of hydrogen-bond acceptors (Lipinski definition) is 4. The number of fused-ring (bicyclic) bond motifs is 1. The van der Waals surface area contributed by atoms with Crippen LogP contribution in [0.15, 0.2) is 36.4 Å². The quantitative estimate of drug-likeness (QED) is 0.793. The molecule has 0 bridgehead atoms. The molecule has 0 saturated heterocycles. The van der Waals surface area contributed by atoms with Crippen molar-refractivity contribution in [1.29, 1.82) is 0 Å². The van der Waals surface area contributed by atoms with E-state index in [0.29, 0.717) is 23.7 Å². The average molecular weight is 335 g/mol. The second-order valence-electron chi connectivity index (χ2n) is 6.12. The highest BCUT2D eigenvalue weighted by Gasteiger charge is 2.13. The summed E-state index contributed by atoms with van der Waals surface area (Å²) in [6.45, 7) is 6.12. The fourth-order valence-corrected chi connectivity index (χ4v) is 2.77. The Kier molecular flexibility index (Phi) is 4.65. The SMILES string of the molecule is COc1nc(C)ccc1CNC(=O)c1cc2cc(C)ccc2nc1C. The molecule has 1 N–H and O–H groups in total. The van der Waals surface area contributed by atoms with Crippen LogP contribution in [0.5, 0.6) is 5.88 Å². The molecule has 0 radical (unpaired) electrons. The Morgan fingerprint density at radius 2 is 1.88 bits per heavy atom. The van der Waals surface area contributed by atoms with E-state index in [1.165, 1.54) is 0 Å². The van der Waals surface area contributed by atoms with Gasteiger partial charge in [-0.15, -0.1) is 0 Å². The van der Waals surface area contributed by atoms with Crippen LogP contribution in [0, 0.1) is 20.8 Å². The lowest BCUT2D eigenvalue weighted by Gasteiger charge is -2.11. The number of rotatable bonds is 4. The van der Waals surface area contributed by atoms with Gasteiger partial charge in [0.2, 0.25) is 5.88 Å². The zero-order valence-corrected chi connectivity index (χ0v) is 14.9. The average Bonchev–Trinajstić information content (AvgIpc) is 2.60. The van der Waals surface area contributed by atoms with E-state index in [4.69, 9.17) is 4.74 Å². The lowest BCUT2D eigenvalue weighted by molar-refractivity contribution is 0.0950. The van der Waals surface area contributed by atoms with Gasteiger partial charge >= 0.3 is 0 Å². The minimum absolute atomic E-state index is 0.156. The van der Waals surface area contributed by atoms with Gasteiger partial charge in [0.15, 0.2) is 0 Å². The third-order valence-electron chi connectivity index (χ3n) is 4.12. The second-order valence-corrected chi connectivity index (χ2v) is 6.12. The molecule has 5 heteroatoms.